The maximum Gasteiger partial charge on any atom is 0.573 e. The number of nitro groups is 1. The molecule has 0 spiro atoms. The molecule has 1 atom stereocenters. The van der Waals surface area contributed by atoms with Crippen LogP contribution in [0.4, 0.5) is 29.5 Å². The van der Waals surface area contributed by atoms with Crippen LogP contribution in [0.1, 0.15) is 6.42 Å². The Morgan fingerprint density at radius 3 is 2.75 bits per heavy atom. The van der Waals surface area contributed by atoms with Crippen LogP contribution in [0.3, 0.4) is 0 Å². The zero-order valence-electron chi connectivity index (χ0n) is 14.1. The van der Waals surface area contributed by atoms with Gasteiger partial charge in [-0.2, -0.15) is 0 Å². The highest BCUT2D eigenvalue weighted by molar-refractivity contribution is 5.89. The quantitative estimate of drug-likeness (QED) is 0.587. The van der Waals surface area contributed by atoms with Crippen LogP contribution in [0.15, 0.2) is 30.5 Å². The maximum absolute atomic E-state index is 12.1. The van der Waals surface area contributed by atoms with Crippen molar-refractivity contribution in [1.82, 2.24) is 14.9 Å². The highest BCUT2D eigenvalue weighted by Crippen LogP contribution is 2.25. The van der Waals surface area contributed by atoms with E-state index in [0.717, 1.165) is 12.1 Å². The van der Waals surface area contributed by atoms with Crippen LogP contribution >= 0.6 is 0 Å². The number of rotatable bonds is 5. The minimum absolute atomic E-state index is 0.102. The van der Waals surface area contributed by atoms with Crippen LogP contribution in [0, 0.1) is 10.1 Å². The molecule has 1 aliphatic heterocycles. The first-order valence-electron chi connectivity index (χ1n) is 7.98. The van der Waals surface area contributed by atoms with Crippen LogP contribution in [-0.4, -0.2) is 39.5 Å². The van der Waals surface area contributed by atoms with Crippen molar-refractivity contribution in [3.05, 3.63) is 40.6 Å². The highest BCUT2D eigenvalue weighted by atomic mass is 19.4. The molecule has 10 nitrogen and oxygen atoms in total. The maximum atomic E-state index is 12.1. The Morgan fingerprint density at radius 1 is 1.39 bits per heavy atom. The third-order valence-corrected chi connectivity index (χ3v) is 3.71. The Balaban J connectivity index is 1.47. The first-order valence-corrected chi connectivity index (χ1v) is 7.98. The van der Waals surface area contributed by atoms with E-state index >= 15 is 0 Å². The zero-order chi connectivity index (χ0) is 20.3. The van der Waals surface area contributed by atoms with Gasteiger partial charge in [0.1, 0.15) is 18.1 Å². The van der Waals surface area contributed by atoms with Gasteiger partial charge in [-0.1, -0.05) is 0 Å². The van der Waals surface area contributed by atoms with E-state index in [4.69, 9.17) is 4.74 Å². The number of hydrogen-bond donors (Lipinski definition) is 2. The topological polar surface area (TPSA) is 121 Å². The molecule has 0 saturated carbocycles. The Morgan fingerprint density at radius 2 is 2.11 bits per heavy atom. The van der Waals surface area contributed by atoms with Crippen molar-refractivity contribution < 1.29 is 32.4 Å². The van der Waals surface area contributed by atoms with E-state index in [1.54, 1.807) is 0 Å². The SMILES string of the molecule is O=C(NCC1CCn2cc([N+](=O)[O-])nc2O1)Nc1ccc(OC(F)(F)F)cc1. The van der Waals surface area contributed by atoms with E-state index in [1.807, 2.05) is 0 Å². The number of anilines is 1. The lowest BCUT2D eigenvalue weighted by atomic mass is 10.2. The second-order valence-corrected chi connectivity index (χ2v) is 5.77. The van der Waals surface area contributed by atoms with Crippen molar-refractivity contribution in [2.45, 2.75) is 25.4 Å². The number of carbonyl (C=O) groups is 1. The summed E-state index contributed by atoms with van der Waals surface area (Å²) < 4.78 is 47.1. The van der Waals surface area contributed by atoms with Crippen LogP contribution in [0.2, 0.25) is 0 Å². The van der Waals surface area contributed by atoms with Gasteiger partial charge in [-0.15, -0.1) is 13.2 Å². The Kier molecular flexibility index (Phi) is 5.24. The second-order valence-electron chi connectivity index (χ2n) is 5.77. The van der Waals surface area contributed by atoms with Crippen molar-refractivity contribution in [3.8, 4) is 11.8 Å². The third-order valence-electron chi connectivity index (χ3n) is 3.71. The largest absolute Gasteiger partial charge is 0.573 e. The van der Waals surface area contributed by atoms with Gasteiger partial charge in [0.05, 0.1) is 6.54 Å². The molecule has 13 heteroatoms. The predicted molar refractivity (Wildman–Crippen MR) is 88.1 cm³/mol. The van der Waals surface area contributed by atoms with E-state index in [0.29, 0.717) is 13.0 Å². The fourth-order valence-electron chi connectivity index (χ4n) is 2.48. The number of ether oxygens (including phenoxy) is 2. The van der Waals surface area contributed by atoms with Crippen LogP contribution < -0.4 is 20.1 Å². The van der Waals surface area contributed by atoms with Crippen LogP contribution in [0.5, 0.6) is 11.8 Å². The Hall–Kier alpha value is -3.51. The lowest BCUT2D eigenvalue weighted by Gasteiger charge is -2.22. The number of hydrogen-bond acceptors (Lipinski definition) is 6. The molecule has 1 unspecified atom stereocenters. The van der Waals surface area contributed by atoms with Gasteiger partial charge in [-0.25, -0.2) is 4.79 Å². The zero-order valence-corrected chi connectivity index (χ0v) is 14.1. The molecule has 1 aromatic heterocycles. The lowest BCUT2D eigenvalue weighted by molar-refractivity contribution is -0.389. The average Bonchev–Trinajstić information content (AvgIpc) is 3.04. The summed E-state index contributed by atoms with van der Waals surface area (Å²) in [5.41, 5.74) is 0.266. The van der Waals surface area contributed by atoms with Gasteiger partial charge >= 0.3 is 24.2 Å². The van der Waals surface area contributed by atoms with Gasteiger partial charge in [0.15, 0.2) is 0 Å². The molecule has 150 valence electrons. The second kappa shape index (κ2) is 7.62. The van der Waals surface area contributed by atoms with Crippen molar-refractivity contribution in [1.29, 1.82) is 0 Å². The standard InChI is InChI=1S/C15H14F3N5O5/c16-15(17,18)28-10-3-1-9(2-4-10)20-13(24)19-7-11-5-6-22-8-12(23(25)26)21-14(22)27-11/h1-4,8,11H,5-7H2,(H2,19,20,24). The minimum Gasteiger partial charge on any atom is -0.441 e. The fraction of sp³-hybridized carbons (Fsp3) is 0.333. The van der Waals surface area contributed by atoms with E-state index in [-0.39, 0.29) is 24.1 Å². The van der Waals surface area contributed by atoms with E-state index in [2.05, 4.69) is 20.4 Å². The van der Waals surface area contributed by atoms with Crippen molar-refractivity contribution >= 4 is 17.5 Å². The summed E-state index contributed by atoms with van der Waals surface area (Å²) in [5, 5.41) is 15.7. The fourth-order valence-corrected chi connectivity index (χ4v) is 2.48. The molecule has 0 fully saturated rings. The number of carbonyl (C=O) groups excluding carboxylic acids is 1. The number of aryl methyl sites for hydroxylation is 1. The number of alkyl halides is 3. The summed E-state index contributed by atoms with van der Waals surface area (Å²) in [6.45, 7) is 0.562. The first-order chi connectivity index (χ1) is 13.2. The lowest BCUT2D eigenvalue weighted by Crippen LogP contribution is -2.40. The number of urea groups is 1. The molecule has 0 aliphatic carbocycles. The number of benzene rings is 1. The normalized spacial score (nSPS) is 15.9. The summed E-state index contributed by atoms with van der Waals surface area (Å²) in [5.74, 6) is -0.724. The summed E-state index contributed by atoms with van der Waals surface area (Å²) in [6, 6.07) is 4.17. The molecule has 0 bridgehead atoms. The molecule has 3 rings (SSSR count). The highest BCUT2D eigenvalue weighted by Gasteiger charge is 2.31. The van der Waals surface area contributed by atoms with Gasteiger partial charge in [0.2, 0.25) is 0 Å². The molecular formula is C15H14F3N5O5. The van der Waals surface area contributed by atoms with E-state index in [1.165, 1.54) is 22.9 Å². The summed E-state index contributed by atoms with van der Waals surface area (Å²) in [6.07, 6.45) is -3.44. The van der Waals surface area contributed by atoms with E-state index < -0.39 is 29.2 Å². The number of amides is 2. The van der Waals surface area contributed by atoms with Crippen molar-refractivity contribution in [2.75, 3.05) is 11.9 Å². The molecule has 2 aromatic rings. The van der Waals surface area contributed by atoms with Gasteiger partial charge in [0.25, 0.3) is 0 Å². The number of nitrogens with one attached hydrogen (secondary N) is 2. The summed E-state index contributed by atoms with van der Waals surface area (Å²) in [4.78, 5) is 25.8. The molecule has 2 amide bonds. The predicted octanol–water partition coefficient (Wildman–Crippen LogP) is 2.66. The van der Waals surface area contributed by atoms with Gasteiger partial charge in [-0.05, 0) is 29.2 Å². The number of halogens is 3. The minimum atomic E-state index is -4.79. The monoisotopic (exact) mass is 401 g/mol. The number of nitrogens with zero attached hydrogens (tertiary/aromatic N) is 3. The van der Waals surface area contributed by atoms with Crippen LogP contribution in [0.25, 0.3) is 0 Å². The Labute approximate surface area is 155 Å². The molecule has 28 heavy (non-hydrogen) atoms. The molecule has 0 saturated heterocycles. The van der Waals surface area contributed by atoms with Gasteiger partial charge in [0, 0.05) is 23.6 Å². The van der Waals surface area contributed by atoms with E-state index in [9.17, 15) is 28.1 Å². The van der Waals surface area contributed by atoms with Gasteiger partial charge in [-0.3, -0.25) is 4.57 Å². The molecule has 2 N–H and O–H groups in total. The molecule has 1 aliphatic rings. The number of fused-ring (bicyclic) bond motifs is 1. The smallest absolute Gasteiger partial charge is 0.441 e. The third kappa shape index (κ3) is 5.02. The average molecular weight is 401 g/mol. The van der Waals surface area contributed by atoms with Crippen molar-refractivity contribution in [3.63, 3.8) is 0 Å². The summed E-state index contributed by atoms with van der Waals surface area (Å²) >= 11 is 0. The molecule has 2 heterocycles. The molecule has 1 aromatic carbocycles. The van der Waals surface area contributed by atoms with Crippen LogP contribution in [-0.2, 0) is 6.54 Å². The summed E-state index contributed by atoms with van der Waals surface area (Å²) in [7, 11) is 0. The molecule has 0 radical (unpaired) electrons. The van der Waals surface area contributed by atoms with Crippen molar-refractivity contribution in [2.24, 2.45) is 0 Å². The number of imidazole rings is 1. The number of aromatic nitrogens is 2. The Bertz CT molecular complexity index is 868. The van der Waals surface area contributed by atoms with Gasteiger partial charge < -0.3 is 30.2 Å². The first kappa shape index (κ1) is 19.3. The molecular weight excluding hydrogens is 387 g/mol.